The molecule has 0 radical (unpaired) electrons. The molecule has 0 unspecified atom stereocenters. The molecule has 0 aliphatic rings. The van der Waals surface area contributed by atoms with Gasteiger partial charge in [0.1, 0.15) is 11.5 Å². The fourth-order valence-electron chi connectivity index (χ4n) is 2.49. The highest BCUT2D eigenvalue weighted by Crippen LogP contribution is 2.28. The Morgan fingerprint density at radius 1 is 1.00 bits per heavy atom. The summed E-state index contributed by atoms with van der Waals surface area (Å²) in [4.78, 5) is 0. The highest BCUT2D eigenvalue weighted by Gasteiger charge is 2.07. The summed E-state index contributed by atoms with van der Waals surface area (Å²) in [5.41, 5.74) is 3.53. The highest BCUT2D eigenvalue weighted by atomic mass is 16.5. The molecule has 1 N–H and O–H groups in total. The Morgan fingerprint density at radius 2 is 1.62 bits per heavy atom. The Kier molecular flexibility index (Phi) is 5.03. The van der Waals surface area contributed by atoms with Crippen molar-refractivity contribution in [1.29, 1.82) is 0 Å². The lowest BCUT2D eigenvalue weighted by Crippen LogP contribution is -1.95. The van der Waals surface area contributed by atoms with Crippen molar-refractivity contribution >= 4 is 0 Å². The van der Waals surface area contributed by atoms with Gasteiger partial charge in [0.25, 0.3) is 0 Å². The van der Waals surface area contributed by atoms with Gasteiger partial charge in [-0.05, 0) is 60.2 Å². The molecule has 2 aromatic rings. The van der Waals surface area contributed by atoms with E-state index < -0.39 is 6.10 Å². The lowest BCUT2D eigenvalue weighted by Gasteiger charge is -2.13. The van der Waals surface area contributed by atoms with Crippen LogP contribution in [0, 0.1) is 6.92 Å². The van der Waals surface area contributed by atoms with Gasteiger partial charge in [0.15, 0.2) is 0 Å². The zero-order chi connectivity index (χ0) is 15.4. The zero-order valence-corrected chi connectivity index (χ0v) is 13.3. The van der Waals surface area contributed by atoms with E-state index in [0.29, 0.717) is 5.92 Å². The van der Waals surface area contributed by atoms with Gasteiger partial charge in [-0.25, -0.2) is 0 Å². The molecule has 0 heterocycles. The van der Waals surface area contributed by atoms with E-state index in [0.717, 1.165) is 23.5 Å². The van der Waals surface area contributed by atoms with Gasteiger partial charge in [0.2, 0.25) is 0 Å². The maximum Gasteiger partial charge on any atom is 0.127 e. The molecule has 21 heavy (non-hydrogen) atoms. The number of ether oxygens (including phenoxy) is 1. The molecule has 1 atom stereocenters. The van der Waals surface area contributed by atoms with Crippen LogP contribution in [0.25, 0.3) is 0 Å². The summed E-state index contributed by atoms with van der Waals surface area (Å²) in [7, 11) is 0. The third kappa shape index (κ3) is 3.85. The number of hydrogen-bond acceptors (Lipinski definition) is 2. The monoisotopic (exact) mass is 284 g/mol. The molecule has 0 aliphatic carbocycles. The van der Waals surface area contributed by atoms with Gasteiger partial charge in [-0.3, -0.25) is 0 Å². The summed E-state index contributed by atoms with van der Waals surface area (Å²) in [6, 6.07) is 13.9. The molecule has 0 aromatic heterocycles. The first kappa shape index (κ1) is 15.6. The minimum Gasteiger partial charge on any atom is -0.457 e. The van der Waals surface area contributed by atoms with Crippen LogP contribution in [-0.2, 0) is 0 Å². The number of aliphatic hydroxyl groups excluding tert-OH is 1. The van der Waals surface area contributed by atoms with E-state index in [1.54, 1.807) is 0 Å². The molecule has 2 heteroatoms. The molecule has 2 nitrogen and oxygen atoms in total. The van der Waals surface area contributed by atoms with Crippen LogP contribution >= 0.6 is 0 Å². The van der Waals surface area contributed by atoms with Gasteiger partial charge in [0, 0.05) is 0 Å². The number of benzene rings is 2. The van der Waals surface area contributed by atoms with Crippen LogP contribution in [0.5, 0.6) is 11.5 Å². The third-order valence-corrected chi connectivity index (χ3v) is 3.75. The van der Waals surface area contributed by atoms with Gasteiger partial charge < -0.3 is 9.84 Å². The Balaban J connectivity index is 2.13. The van der Waals surface area contributed by atoms with Crippen LogP contribution in [0.15, 0.2) is 42.5 Å². The third-order valence-electron chi connectivity index (χ3n) is 3.75. The molecular formula is C19H24O2. The molecule has 0 aliphatic heterocycles. The molecule has 0 amide bonds. The molecular weight excluding hydrogens is 260 g/mol. The van der Waals surface area contributed by atoms with Crippen LogP contribution < -0.4 is 4.74 Å². The van der Waals surface area contributed by atoms with E-state index in [-0.39, 0.29) is 0 Å². The summed E-state index contributed by atoms with van der Waals surface area (Å²) >= 11 is 0. The first-order valence-electron chi connectivity index (χ1n) is 7.57. The second-order valence-electron chi connectivity index (χ2n) is 5.77. The largest absolute Gasteiger partial charge is 0.457 e. The van der Waals surface area contributed by atoms with Crippen molar-refractivity contribution in [3.63, 3.8) is 0 Å². The molecule has 2 rings (SSSR count). The van der Waals surface area contributed by atoms with E-state index >= 15 is 0 Å². The van der Waals surface area contributed by atoms with Gasteiger partial charge >= 0.3 is 0 Å². The SMILES string of the molecule is CC[C@@H](O)c1ccc(Oc2ccc(C(C)C)c(C)c2)cc1. The van der Waals surface area contributed by atoms with Crippen LogP contribution in [0.4, 0.5) is 0 Å². The lowest BCUT2D eigenvalue weighted by molar-refractivity contribution is 0.173. The quantitative estimate of drug-likeness (QED) is 0.801. The predicted molar refractivity (Wildman–Crippen MR) is 87.0 cm³/mol. The highest BCUT2D eigenvalue weighted by molar-refractivity contribution is 5.39. The number of hydrogen-bond donors (Lipinski definition) is 1. The van der Waals surface area contributed by atoms with Crippen LogP contribution in [0.3, 0.4) is 0 Å². The van der Waals surface area contributed by atoms with E-state index in [1.165, 1.54) is 11.1 Å². The van der Waals surface area contributed by atoms with Crippen LogP contribution in [0.1, 0.15) is 55.9 Å². The second kappa shape index (κ2) is 6.77. The van der Waals surface area contributed by atoms with Gasteiger partial charge in [-0.1, -0.05) is 39.0 Å². The Morgan fingerprint density at radius 3 is 2.14 bits per heavy atom. The maximum atomic E-state index is 9.79. The summed E-state index contributed by atoms with van der Waals surface area (Å²) < 4.78 is 5.88. The van der Waals surface area contributed by atoms with E-state index in [9.17, 15) is 5.11 Å². The number of aryl methyl sites for hydroxylation is 1. The summed E-state index contributed by atoms with van der Waals surface area (Å²) in [5.74, 6) is 2.16. The lowest BCUT2D eigenvalue weighted by atomic mass is 9.98. The molecule has 0 bridgehead atoms. The van der Waals surface area contributed by atoms with Crippen LogP contribution in [-0.4, -0.2) is 5.11 Å². The van der Waals surface area contributed by atoms with Crippen molar-refractivity contribution in [3.8, 4) is 11.5 Å². The van der Waals surface area contributed by atoms with Crippen molar-refractivity contribution in [2.45, 2.75) is 46.1 Å². The van der Waals surface area contributed by atoms with E-state index in [1.807, 2.05) is 37.3 Å². The average Bonchev–Trinajstić information content (AvgIpc) is 2.47. The first-order chi connectivity index (χ1) is 10.0. The predicted octanol–water partition coefficient (Wildman–Crippen LogP) is 5.35. The second-order valence-corrected chi connectivity index (χ2v) is 5.77. The van der Waals surface area contributed by atoms with Crippen molar-refractivity contribution < 1.29 is 9.84 Å². The molecule has 0 spiro atoms. The fourth-order valence-corrected chi connectivity index (χ4v) is 2.49. The molecule has 0 saturated heterocycles. The average molecular weight is 284 g/mol. The van der Waals surface area contributed by atoms with Gasteiger partial charge in [0.05, 0.1) is 6.10 Å². The zero-order valence-electron chi connectivity index (χ0n) is 13.3. The fraction of sp³-hybridized carbons (Fsp3) is 0.368. The first-order valence-corrected chi connectivity index (χ1v) is 7.57. The summed E-state index contributed by atoms with van der Waals surface area (Å²) in [6.07, 6.45) is 0.322. The number of aliphatic hydroxyl groups is 1. The van der Waals surface area contributed by atoms with Crippen molar-refractivity contribution in [2.75, 3.05) is 0 Å². The minimum absolute atomic E-state index is 0.397. The molecule has 112 valence electrons. The summed E-state index contributed by atoms with van der Waals surface area (Å²) in [5, 5.41) is 9.79. The van der Waals surface area contributed by atoms with Crippen molar-refractivity contribution in [2.24, 2.45) is 0 Å². The van der Waals surface area contributed by atoms with Gasteiger partial charge in [-0.2, -0.15) is 0 Å². The minimum atomic E-state index is -0.397. The van der Waals surface area contributed by atoms with Gasteiger partial charge in [-0.15, -0.1) is 0 Å². The van der Waals surface area contributed by atoms with E-state index in [2.05, 4.69) is 32.9 Å². The smallest absolute Gasteiger partial charge is 0.127 e. The molecule has 2 aromatic carbocycles. The molecule has 0 fully saturated rings. The molecule has 0 saturated carbocycles. The van der Waals surface area contributed by atoms with E-state index in [4.69, 9.17) is 4.74 Å². The Bertz CT molecular complexity index is 585. The standard InChI is InChI=1S/C19H24O2/c1-5-19(20)15-6-8-16(9-7-15)21-17-10-11-18(13(2)3)14(4)12-17/h6-13,19-20H,5H2,1-4H3/t19-/m1/s1. The topological polar surface area (TPSA) is 29.5 Å². The number of rotatable bonds is 5. The van der Waals surface area contributed by atoms with Crippen LogP contribution in [0.2, 0.25) is 0 Å². The summed E-state index contributed by atoms with van der Waals surface area (Å²) in [6.45, 7) is 8.47. The normalized spacial score (nSPS) is 12.5. The van der Waals surface area contributed by atoms with Crippen molar-refractivity contribution in [3.05, 3.63) is 59.2 Å². The maximum absolute atomic E-state index is 9.79. The van der Waals surface area contributed by atoms with Crippen molar-refractivity contribution in [1.82, 2.24) is 0 Å². The Labute approximate surface area is 127 Å². The Hall–Kier alpha value is -1.80.